The molecule has 2 aromatic rings. The number of halogens is 1. The molecule has 0 saturated carbocycles. The van der Waals surface area contributed by atoms with Crippen molar-refractivity contribution in [1.29, 1.82) is 0 Å². The number of nitrogens with zero attached hydrogens (tertiary/aromatic N) is 2. The molecule has 10 nitrogen and oxygen atoms in total. The van der Waals surface area contributed by atoms with Crippen LogP contribution in [0.3, 0.4) is 0 Å². The Morgan fingerprint density at radius 2 is 1.71 bits per heavy atom. The lowest BCUT2D eigenvalue weighted by atomic mass is 10.2. The predicted octanol–water partition coefficient (Wildman–Crippen LogP) is 0.918. The van der Waals surface area contributed by atoms with Crippen molar-refractivity contribution in [2.45, 2.75) is 35.3 Å². The molecule has 2 aliphatic heterocycles. The van der Waals surface area contributed by atoms with Crippen LogP contribution in [0.1, 0.15) is 12.0 Å². The van der Waals surface area contributed by atoms with Gasteiger partial charge in [0.1, 0.15) is 11.9 Å². The number of nitrogens with one attached hydrogen (secondary N) is 1. The second-order valence-electron chi connectivity index (χ2n) is 8.42. The van der Waals surface area contributed by atoms with Gasteiger partial charge in [-0.25, -0.2) is 21.2 Å². The summed E-state index contributed by atoms with van der Waals surface area (Å²) in [6, 6.07) is 7.35. The van der Waals surface area contributed by atoms with E-state index in [0.717, 1.165) is 28.6 Å². The fourth-order valence-corrected chi connectivity index (χ4v) is 7.43. The third-order valence-electron chi connectivity index (χ3n) is 6.00. The van der Waals surface area contributed by atoms with Gasteiger partial charge in [-0.1, -0.05) is 6.07 Å². The van der Waals surface area contributed by atoms with E-state index < -0.39 is 43.9 Å². The summed E-state index contributed by atoms with van der Waals surface area (Å²) < 4.78 is 73.1. The van der Waals surface area contributed by atoms with Crippen LogP contribution in [0.5, 0.6) is 0 Å². The number of morpholine rings is 1. The molecule has 0 aromatic heterocycles. The standard InChI is InChI=1S/C22H26FN3O7S2/c1-15-2-5-17(12-21(15)35(31,32)25-8-10-33-11-9-25)24-22(28)20-13-18(27)14-26(20)34(29,30)19-6-3-16(23)4-7-19/h2-7,12,18,20,27H,8-11,13-14H2,1H3,(H,24,28)/t18-,20-/m1/s1. The lowest BCUT2D eigenvalue weighted by Gasteiger charge is -2.27. The van der Waals surface area contributed by atoms with Gasteiger partial charge in [-0.2, -0.15) is 8.61 Å². The molecule has 2 N–H and O–H groups in total. The van der Waals surface area contributed by atoms with E-state index in [9.17, 15) is 31.1 Å². The van der Waals surface area contributed by atoms with Gasteiger partial charge in [-0.15, -0.1) is 0 Å². The molecule has 0 unspecified atom stereocenters. The van der Waals surface area contributed by atoms with E-state index in [1.165, 1.54) is 16.4 Å². The van der Waals surface area contributed by atoms with Gasteiger partial charge in [0.15, 0.2) is 0 Å². The van der Waals surface area contributed by atoms with Crippen LogP contribution in [0, 0.1) is 12.7 Å². The number of aryl methyl sites for hydroxylation is 1. The molecule has 2 atom stereocenters. The van der Waals surface area contributed by atoms with Crippen LogP contribution in [-0.2, 0) is 29.6 Å². The quantitative estimate of drug-likeness (QED) is 0.571. The second kappa shape index (κ2) is 9.91. The Morgan fingerprint density at radius 1 is 1.06 bits per heavy atom. The monoisotopic (exact) mass is 527 g/mol. The summed E-state index contributed by atoms with van der Waals surface area (Å²) in [6.07, 6.45) is -1.21. The first-order chi connectivity index (χ1) is 16.5. The summed E-state index contributed by atoms with van der Waals surface area (Å²) in [4.78, 5) is 12.9. The lowest BCUT2D eigenvalue weighted by Crippen LogP contribution is -2.43. The van der Waals surface area contributed by atoms with E-state index in [1.54, 1.807) is 13.0 Å². The van der Waals surface area contributed by atoms with Crippen LogP contribution in [-0.4, -0.2) is 81.5 Å². The van der Waals surface area contributed by atoms with Crippen molar-refractivity contribution in [3.8, 4) is 0 Å². The van der Waals surface area contributed by atoms with Crippen molar-refractivity contribution < 1.29 is 35.9 Å². The fourth-order valence-electron chi connectivity index (χ4n) is 4.14. The Balaban J connectivity index is 1.58. The van der Waals surface area contributed by atoms with E-state index in [-0.39, 0.29) is 54.7 Å². The van der Waals surface area contributed by atoms with Crippen molar-refractivity contribution in [1.82, 2.24) is 8.61 Å². The van der Waals surface area contributed by atoms with Crippen LogP contribution in [0.4, 0.5) is 10.1 Å². The van der Waals surface area contributed by atoms with Crippen molar-refractivity contribution in [3.05, 3.63) is 53.8 Å². The van der Waals surface area contributed by atoms with Crippen LogP contribution in [0.2, 0.25) is 0 Å². The number of sulfonamides is 2. The molecule has 190 valence electrons. The number of anilines is 1. The normalized spacial score (nSPS) is 22.3. The van der Waals surface area contributed by atoms with Crippen LogP contribution >= 0.6 is 0 Å². The number of aliphatic hydroxyl groups excluding tert-OH is 1. The van der Waals surface area contributed by atoms with Crippen molar-refractivity contribution in [2.24, 2.45) is 0 Å². The Morgan fingerprint density at radius 3 is 2.37 bits per heavy atom. The minimum atomic E-state index is -4.20. The molecule has 2 heterocycles. The molecule has 2 aliphatic rings. The van der Waals surface area contributed by atoms with Gasteiger partial charge in [0, 0.05) is 31.7 Å². The summed E-state index contributed by atoms with van der Waals surface area (Å²) in [5, 5.41) is 12.7. The van der Waals surface area contributed by atoms with Gasteiger partial charge in [0.2, 0.25) is 26.0 Å². The number of ether oxygens (including phenoxy) is 1. The number of hydrogen-bond donors (Lipinski definition) is 2. The molecule has 2 aromatic carbocycles. The van der Waals surface area contributed by atoms with E-state index in [1.807, 2.05) is 0 Å². The summed E-state index contributed by atoms with van der Waals surface area (Å²) >= 11 is 0. The maximum absolute atomic E-state index is 13.3. The van der Waals surface area contributed by atoms with E-state index in [2.05, 4.69) is 5.32 Å². The Hall–Kier alpha value is -2.42. The topological polar surface area (TPSA) is 133 Å². The Labute approximate surface area is 203 Å². The number of β-amino-alcohol motifs (C(OH)–C–C–N with tert-alkyl or cyclic N) is 1. The van der Waals surface area contributed by atoms with Gasteiger partial charge in [-0.05, 0) is 48.9 Å². The van der Waals surface area contributed by atoms with Gasteiger partial charge in [-0.3, -0.25) is 4.79 Å². The average Bonchev–Trinajstić information content (AvgIpc) is 3.24. The van der Waals surface area contributed by atoms with Crippen LogP contribution < -0.4 is 5.32 Å². The summed E-state index contributed by atoms with van der Waals surface area (Å²) in [6.45, 7) is 2.35. The number of rotatable bonds is 6. The third kappa shape index (κ3) is 5.25. The molecule has 0 spiro atoms. The predicted molar refractivity (Wildman–Crippen MR) is 124 cm³/mol. The first kappa shape index (κ1) is 25.7. The Kier molecular flexibility index (Phi) is 7.27. The van der Waals surface area contributed by atoms with Crippen molar-refractivity contribution in [3.63, 3.8) is 0 Å². The zero-order valence-corrected chi connectivity index (χ0v) is 20.6. The van der Waals surface area contributed by atoms with E-state index >= 15 is 0 Å². The van der Waals surface area contributed by atoms with Gasteiger partial charge in [0.25, 0.3) is 0 Å². The number of aliphatic hydroxyl groups is 1. The lowest BCUT2D eigenvalue weighted by molar-refractivity contribution is -0.119. The van der Waals surface area contributed by atoms with Crippen molar-refractivity contribution in [2.75, 3.05) is 38.2 Å². The number of benzene rings is 2. The zero-order chi connectivity index (χ0) is 25.4. The molecule has 35 heavy (non-hydrogen) atoms. The third-order valence-corrected chi connectivity index (χ3v) is 9.93. The fraction of sp³-hybridized carbons (Fsp3) is 0.409. The highest BCUT2D eigenvalue weighted by atomic mass is 32.2. The summed E-state index contributed by atoms with van der Waals surface area (Å²) in [5.74, 6) is -1.33. The Bertz CT molecular complexity index is 1310. The van der Waals surface area contributed by atoms with E-state index in [4.69, 9.17) is 4.74 Å². The molecule has 2 saturated heterocycles. The van der Waals surface area contributed by atoms with Gasteiger partial charge in [0.05, 0.1) is 29.1 Å². The highest BCUT2D eigenvalue weighted by molar-refractivity contribution is 7.89. The minimum absolute atomic E-state index is 0.0273. The first-order valence-corrected chi connectivity index (χ1v) is 13.8. The highest BCUT2D eigenvalue weighted by Crippen LogP contribution is 2.29. The van der Waals surface area contributed by atoms with Gasteiger partial charge >= 0.3 is 0 Å². The average molecular weight is 528 g/mol. The molecule has 0 bridgehead atoms. The SMILES string of the molecule is Cc1ccc(NC(=O)[C@H]2C[C@@H](O)CN2S(=O)(=O)c2ccc(F)cc2)cc1S(=O)(=O)N1CCOCC1. The smallest absolute Gasteiger partial charge is 0.243 e. The molecular weight excluding hydrogens is 501 g/mol. The number of carbonyl (C=O) groups is 1. The molecule has 4 rings (SSSR count). The summed E-state index contributed by atoms with van der Waals surface area (Å²) in [5.41, 5.74) is 0.666. The molecule has 0 aliphatic carbocycles. The largest absolute Gasteiger partial charge is 0.392 e. The molecule has 1 amide bonds. The van der Waals surface area contributed by atoms with Crippen molar-refractivity contribution >= 4 is 31.6 Å². The number of carbonyl (C=O) groups excluding carboxylic acids is 1. The maximum atomic E-state index is 13.3. The molecule has 2 fully saturated rings. The number of hydrogen-bond acceptors (Lipinski definition) is 7. The zero-order valence-electron chi connectivity index (χ0n) is 18.9. The van der Waals surface area contributed by atoms with Gasteiger partial charge < -0.3 is 15.2 Å². The highest BCUT2D eigenvalue weighted by Gasteiger charge is 2.43. The first-order valence-electron chi connectivity index (χ1n) is 10.9. The molecular formula is C22H26FN3O7S2. The molecule has 13 heteroatoms. The summed E-state index contributed by atoms with van der Waals surface area (Å²) in [7, 11) is -8.02. The molecule has 0 radical (unpaired) electrons. The second-order valence-corrected chi connectivity index (χ2v) is 12.2. The number of amides is 1. The van der Waals surface area contributed by atoms with E-state index in [0.29, 0.717) is 5.56 Å². The van der Waals surface area contributed by atoms with Crippen LogP contribution in [0.15, 0.2) is 52.3 Å². The maximum Gasteiger partial charge on any atom is 0.243 e. The van der Waals surface area contributed by atoms with Crippen LogP contribution in [0.25, 0.3) is 0 Å². The minimum Gasteiger partial charge on any atom is -0.392 e.